The predicted octanol–water partition coefficient (Wildman–Crippen LogP) is 2.17. The number of carboxylic acid groups (broad SMARTS) is 1. The molecule has 2 N–H and O–H groups in total. The molecule has 0 spiro atoms. The number of hydrogen-bond donors (Lipinski definition) is 2. The van der Waals surface area contributed by atoms with Gasteiger partial charge in [0.1, 0.15) is 0 Å². The van der Waals surface area contributed by atoms with Gasteiger partial charge in [0.05, 0.1) is 11.3 Å². The minimum absolute atomic E-state index is 0.000677. The average Bonchev–Trinajstić information content (AvgIpc) is 2.13. The Morgan fingerprint density at radius 3 is 2.11 bits per heavy atom. The Morgan fingerprint density at radius 2 is 1.72 bits per heavy atom. The lowest BCUT2D eigenvalue weighted by atomic mass is 10.0. The maximum Gasteiger partial charge on any atom is 0.335 e. The van der Waals surface area contributed by atoms with E-state index < -0.39 is 16.0 Å². The van der Waals surface area contributed by atoms with Gasteiger partial charge in [-0.25, -0.2) is 13.2 Å². The maximum absolute atomic E-state index is 11.8. The lowest BCUT2D eigenvalue weighted by Crippen LogP contribution is -2.26. The summed E-state index contributed by atoms with van der Waals surface area (Å²) in [5.41, 5.74) is 0.144. The molecule has 0 fully saturated rings. The highest BCUT2D eigenvalue weighted by Gasteiger charge is 2.21. The van der Waals surface area contributed by atoms with E-state index in [1.165, 1.54) is 24.3 Å². The lowest BCUT2D eigenvalue weighted by molar-refractivity contribution is 0.0697. The summed E-state index contributed by atoms with van der Waals surface area (Å²) < 4.78 is 26.0. The van der Waals surface area contributed by atoms with E-state index in [1.54, 1.807) is 0 Å². The van der Waals surface area contributed by atoms with Gasteiger partial charge in [0.2, 0.25) is 10.0 Å². The summed E-state index contributed by atoms with van der Waals surface area (Å²) in [5.74, 6) is -1.04. The standard InChI is InChI=1S/C12H17NO4S/c1-12(2,3)8-18(16,17)13-10-6-4-9(5-7-10)11(14)15/h4-7,13H,8H2,1-3H3,(H,14,15). The highest BCUT2D eigenvalue weighted by atomic mass is 32.2. The van der Waals surface area contributed by atoms with Crippen LogP contribution in [0.5, 0.6) is 0 Å². The van der Waals surface area contributed by atoms with Crippen LogP contribution in [-0.4, -0.2) is 25.2 Å². The molecule has 5 nitrogen and oxygen atoms in total. The van der Waals surface area contributed by atoms with E-state index in [2.05, 4.69) is 4.72 Å². The first kappa shape index (κ1) is 14.5. The van der Waals surface area contributed by atoms with Gasteiger partial charge < -0.3 is 5.11 Å². The largest absolute Gasteiger partial charge is 0.478 e. The molecule has 1 aromatic carbocycles. The van der Waals surface area contributed by atoms with E-state index in [1.807, 2.05) is 20.8 Å². The Kier molecular flexibility index (Phi) is 4.01. The van der Waals surface area contributed by atoms with E-state index in [4.69, 9.17) is 5.11 Å². The van der Waals surface area contributed by atoms with Crippen LogP contribution in [0.2, 0.25) is 0 Å². The van der Waals surface area contributed by atoms with E-state index in [0.717, 1.165) is 0 Å². The van der Waals surface area contributed by atoms with Gasteiger partial charge in [-0.05, 0) is 29.7 Å². The average molecular weight is 271 g/mol. The third-order valence-electron chi connectivity index (χ3n) is 2.03. The fourth-order valence-corrected chi connectivity index (χ4v) is 3.17. The van der Waals surface area contributed by atoms with Crippen LogP contribution >= 0.6 is 0 Å². The summed E-state index contributed by atoms with van der Waals surface area (Å²) in [6.07, 6.45) is 0. The topological polar surface area (TPSA) is 83.5 Å². The van der Waals surface area contributed by atoms with Gasteiger partial charge in [0.15, 0.2) is 0 Å². The van der Waals surface area contributed by atoms with Gasteiger partial charge in [-0.1, -0.05) is 20.8 Å². The van der Waals surface area contributed by atoms with Crippen molar-refractivity contribution in [3.05, 3.63) is 29.8 Å². The monoisotopic (exact) mass is 271 g/mol. The molecule has 0 aliphatic carbocycles. The first-order chi connectivity index (χ1) is 8.09. The molecule has 1 aromatic rings. The molecule has 6 heteroatoms. The van der Waals surface area contributed by atoms with Crippen LogP contribution in [0.1, 0.15) is 31.1 Å². The lowest BCUT2D eigenvalue weighted by Gasteiger charge is -2.18. The molecular formula is C12H17NO4S. The normalized spacial score (nSPS) is 12.2. The molecule has 0 bridgehead atoms. The first-order valence-electron chi connectivity index (χ1n) is 5.43. The molecule has 0 saturated heterocycles. The number of hydrogen-bond acceptors (Lipinski definition) is 3. The van der Waals surface area contributed by atoms with E-state index >= 15 is 0 Å². The Balaban J connectivity index is 2.82. The first-order valence-corrected chi connectivity index (χ1v) is 7.08. The molecule has 0 radical (unpaired) electrons. The molecular weight excluding hydrogens is 254 g/mol. The molecule has 1 rings (SSSR count). The van der Waals surface area contributed by atoms with E-state index in [9.17, 15) is 13.2 Å². The highest BCUT2D eigenvalue weighted by molar-refractivity contribution is 7.92. The number of aromatic carboxylic acids is 1. The second-order valence-electron chi connectivity index (χ2n) is 5.30. The second kappa shape index (κ2) is 4.97. The van der Waals surface area contributed by atoms with Crippen molar-refractivity contribution in [1.29, 1.82) is 0 Å². The number of sulfonamides is 1. The van der Waals surface area contributed by atoms with Gasteiger partial charge in [-0.2, -0.15) is 0 Å². The van der Waals surface area contributed by atoms with Gasteiger partial charge in [-0.15, -0.1) is 0 Å². The van der Waals surface area contributed by atoms with Crippen LogP contribution in [0.4, 0.5) is 5.69 Å². The Bertz CT molecular complexity index is 526. The third-order valence-corrected chi connectivity index (χ3v) is 3.82. The summed E-state index contributed by atoms with van der Waals surface area (Å²) in [4.78, 5) is 10.6. The summed E-state index contributed by atoms with van der Waals surface area (Å²) in [6.45, 7) is 5.50. The van der Waals surface area contributed by atoms with Gasteiger partial charge in [0, 0.05) is 5.69 Å². The zero-order valence-corrected chi connectivity index (χ0v) is 11.4. The third kappa shape index (κ3) is 4.75. The molecule has 0 unspecified atom stereocenters. The second-order valence-corrected chi connectivity index (χ2v) is 7.03. The number of anilines is 1. The summed E-state index contributed by atoms with van der Waals surface area (Å²) in [5, 5.41) is 8.72. The molecule has 0 aliphatic heterocycles. The quantitative estimate of drug-likeness (QED) is 0.879. The van der Waals surface area contributed by atoms with Gasteiger partial charge >= 0.3 is 5.97 Å². The molecule has 100 valence electrons. The minimum Gasteiger partial charge on any atom is -0.478 e. The molecule has 0 aliphatic rings. The molecule has 0 amide bonds. The minimum atomic E-state index is -3.42. The van der Waals surface area contributed by atoms with Crippen LogP contribution in [0, 0.1) is 5.41 Å². The van der Waals surface area contributed by atoms with Crippen LogP contribution in [0.15, 0.2) is 24.3 Å². The number of benzene rings is 1. The predicted molar refractivity (Wildman–Crippen MR) is 70.3 cm³/mol. The number of carboxylic acids is 1. The van der Waals surface area contributed by atoms with Gasteiger partial charge in [0.25, 0.3) is 0 Å². The van der Waals surface area contributed by atoms with Gasteiger partial charge in [-0.3, -0.25) is 4.72 Å². The number of nitrogens with one attached hydrogen (secondary N) is 1. The van der Waals surface area contributed by atoms with E-state index in [-0.39, 0.29) is 16.7 Å². The Labute approximate surface area is 107 Å². The fraction of sp³-hybridized carbons (Fsp3) is 0.417. The number of carbonyl (C=O) groups is 1. The smallest absolute Gasteiger partial charge is 0.335 e. The summed E-state index contributed by atoms with van der Waals surface area (Å²) in [7, 11) is -3.42. The SMILES string of the molecule is CC(C)(C)CS(=O)(=O)Nc1ccc(C(=O)O)cc1. The van der Waals surface area contributed by atoms with Crippen molar-refractivity contribution in [3.63, 3.8) is 0 Å². The Hall–Kier alpha value is -1.56. The van der Waals surface area contributed by atoms with Crippen LogP contribution < -0.4 is 4.72 Å². The van der Waals surface area contributed by atoms with Crippen molar-refractivity contribution in [2.75, 3.05) is 10.5 Å². The Morgan fingerprint density at radius 1 is 1.22 bits per heavy atom. The number of rotatable bonds is 4. The van der Waals surface area contributed by atoms with Crippen molar-refractivity contribution in [1.82, 2.24) is 0 Å². The van der Waals surface area contributed by atoms with E-state index in [0.29, 0.717) is 5.69 Å². The molecule has 0 saturated carbocycles. The van der Waals surface area contributed by atoms with Crippen LogP contribution in [0.3, 0.4) is 0 Å². The zero-order valence-electron chi connectivity index (χ0n) is 10.6. The highest BCUT2D eigenvalue weighted by Crippen LogP contribution is 2.18. The van der Waals surface area contributed by atoms with Crippen molar-refractivity contribution in [2.45, 2.75) is 20.8 Å². The summed E-state index contributed by atoms with van der Waals surface area (Å²) in [6, 6.07) is 5.59. The molecule has 18 heavy (non-hydrogen) atoms. The summed E-state index contributed by atoms with van der Waals surface area (Å²) >= 11 is 0. The van der Waals surface area contributed by atoms with Crippen LogP contribution in [-0.2, 0) is 10.0 Å². The zero-order chi connectivity index (χ0) is 14.0. The molecule has 0 aromatic heterocycles. The van der Waals surface area contributed by atoms with Crippen molar-refractivity contribution in [2.24, 2.45) is 5.41 Å². The van der Waals surface area contributed by atoms with Crippen molar-refractivity contribution in [3.8, 4) is 0 Å². The molecule has 0 heterocycles. The maximum atomic E-state index is 11.8. The molecule has 0 atom stereocenters. The van der Waals surface area contributed by atoms with Crippen molar-refractivity contribution >= 4 is 21.7 Å². The fourth-order valence-electron chi connectivity index (χ4n) is 1.47. The van der Waals surface area contributed by atoms with Crippen molar-refractivity contribution < 1.29 is 18.3 Å². The van der Waals surface area contributed by atoms with Crippen LogP contribution in [0.25, 0.3) is 0 Å².